The van der Waals surface area contributed by atoms with Gasteiger partial charge in [-0.25, -0.2) is 4.39 Å². The lowest BCUT2D eigenvalue weighted by molar-refractivity contribution is -0.114. The highest BCUT2D eigenvalue weighted by Crippen LogP contribution is 2.27. The number of hydrogen-bond donors (Lipinski definition) is 0. The van der Waals surface area contributed by atoms with Crippen LogP contribution in [0.3, 0.4) is 0 Å². The van der Waals surface area contributed by atoms with Crippen molar-refractivity contribution in [2.75, 3.05) is 11.9 Å². The van der Waals surface area contributed by atoms with E-state index in [1.807, 2.05) is 0 Å². The Hall–Kier alpha value is -1.71. The number of carbonyl (C=O) groups excluding carboxylic acids is 2. The Morgan fingerprint density at radius 2 is 2.00 bits per heavy atom. The molecule has 1 aromatic carbocycles. The van der Waals surface area contributed by atoms with Crippen molar-refractivity contribution in [1.82, 2.24) is 0 Å². The molecular weight excluding hydrogens is 173 g/mol. The fraction of sp³-hybridized carbons (Fsp3) is 0.111. The van der Waals surface area contributed by atoms with Gasteiger partial charge in [-0.2, -0.15) is 0 Å². The van der Waals surface area contributed by atoms with E-state index < -0.39 is 17.5 Å². The molecule has 0 atom stereocenters. The topological polar surface area (TPSA) is 37.4 Å². The first-order valence-electron chi connectivity index (χ1n) is 3.73. The maximum absolute atomic E-state index is 12.7. The van der Waals surface area contributed by atoms with E-state index in [2.05, 4.69) is 0 Å². The average molecular weight is 179 g/mol. The molecule has 1 aliphatic rings. The first-order valence-corrected chi connectivity index (χ1v) is 3.73. The largest absolute Gasteiger partial charge is 0.308 e. The summed E-state index contributed by atoms with van der Waals surface area (Å²) < 4.78 is 12.7. The van der Waals surface area contributed by atoms with Crippen LogP contribution in [0.1, 0.15) is 10.4 Å². The third-order valence-electron chi connectivity index (χ3n) is 2.06. The minimum atomic E-state index is -0.611. The molecular formula is C9H6FNO2. The first-order chi connectivity index (χ1) is 6.11. The summed E-state index contributed by atoms with van der Waals surface area (Å²) >= 11 is 0. The number of halogens is 1. The highest BCUT2D eigenvalue weighted by molar-refractivity contribution is 6.52. The monoisotopic (exact) mass is 179 g/mol. The van der Waals surface area contributed by atoms with Gasteiger partial charge < -0.3 is 4.90 Å². The van der Waals surface area contributed by atoms with Crippen molar-refractivity contribution in [2.24, 2.45) is 0 Å². The zero-order valence-corrected chi connectivity index (χ0v) is 6.87. The fourth-order valence-electron chi connectivity index (χ4n) is 1.35. The third kappa shape index (κ3) is 0.950. The second-order valence-corrected chi connectivity index (χ2v) is 2.85. The van der Waals surface area contributed by atoms with Crippen molar-refractivity contribution in [1.29, 1.82) is 0 Å². The Balaban J connectivity index is 2.67. The second-order valence-electron chi connectivity index (χ2n) is 2.85. The normalized spacial score (nSPS) is 15.1. The van der Waals surface area contributed by atoms with E-state index in [0.29, 0.717) is 5.69 Å². The van der Waals surface area contributed by atoms with Gasteiger partial charge in [-0.05, 0) is 18.2 Å². The molecule has 1 heterocycles. The van der Waals surface area contributed by atoms with Gasteiger partial charge in [-0.3, -0.25) is 9.59 Å². The Morgan fingerprint density at radius 3 is 2.69 bits per heavy atom. The summed E-state index contributed by atoms with van der Waals surface area (Å²) in [5.41, 5.74) is 0.615. The molecule has 0 spiro atoms. The third-order valence-corrected chi connectivity index (χ3v) is 2.06. The molecule has 1 aliphatic heterocycles. The molecule has 1 amide bonds. The van der Waals surface area contributed by atoms with Crippen LogP contribution in [0, 0.1) is 5.82 Å². The van der Waals surface area contributed by atoms with Crippen molar-refractivity contribution in [3.8, 4) is 0 Å². The predicted molar refractivity (Wildman–Crippen MR) is 44.1 cm³/mol. The van der Waals surface area contributed by atoms with Crippen LogP contribution in [-0.2, 0) is 4.79 Å². The van der Waals surface area contributed by atoms with Crippen molar-refractivity contribution in [2.45, 2.75) is 0 Å². The Bertz CT molecular complexity index is 414. The number of fused-ring (bicyclic) bond motifs is 1. The van der Waals surface area contributed by atoms with Crippen LogP contribution in [0.4, 0.5) is 10.1 Å². The average Bonchev–Trinajstić information content (AvgIpc) is 2.32. The van der Waals surface area contributed by atoms with Crippen LogP contribution in [0.25, 0.3) is 0 Å². The SMILES string of the molecule is CN1C(=O)C(=O)c2ccc(F)cc21. The van der Waals surface area contributed by atoms with Crippen LogP contribution in [-0.4, -0.2) is 18.7 Å². The molecule has 0 saturated heterocycles. The van der Waals surface area contributed by atoms with E-state index >= 15 is 0 Å². The van der Waals surface area contributed by atoms with Gasteiger partial charge in [0.1, 0.15) is 5.82 Å². The predicted octanol–water partition coefficient (Wildman–Crippen LogP) is 0.985. The number of benzene rings is 1. The van der Waals surface area contributed by atoms with Gasteiger partial charge in [-0.1, -0.05) is 0 Å². The fourth-order valence-corrected chi connectivity index (χ4v) is 1.35. The number of likely N-dealkylation sites (N-methyl/N-ethyl adjacent to an activating group) is 1. The van der Waals surface area contributed by atoms with Gasteiger partial charge in [0.2, 0.25) is 0 Å². The lowest BCUT2D eigenvalue weighted by atomic mass is 10.1. The van der Waals surface area contributed by atoms with E-state index in [1.165, 1.54) is 25.2 Å². The summed E-state index contributed by atoms with van der Waals surface area (Å²) in [6.45, 7) is 0. The van der Waals surface area contributed by atoms with Crippen molar-refractivity contribution in [3.05, 3.63) is 29.6 Å². The van der Waals surface area contributed by atoms with Crippen molar-refractivity contribution < 1.29 is 14.0 Å². The van der Waals surface area contributed by atoms with E-state index in [1.54, 1.807) is 0 Å². The van der Waals surface area contributed by atoms with Gasteiger partial charge in [-0.15, -0.1) is 0 Å². The van der Waals surface area contributed by atoms with Crippen LogP contribution < -0.4 is 4.90 Å². The Labute approximate surface area is 73.8 Å². The maximum atomic E-state index is 12.7. The molecule has 0 bridgehead atoms. The van der Waals surface area contributed by atoms with Gasteiger partial charge in [0.15, 0.2) is 0 Å². The summed E-state index contributed by atoms with van der Waals surface area (Å²) in [7, 11) is 1.45. The number of amides is 1. The van der Waals surface area contributed by atoms with E-state index in [-0.39, 0.29) is 5.56 Å². The maximum Gasteiger partial charge on any atom is 0.299 e. The van der Waals surface area contributed by atoms with E-state index in [9.17, 15) is 14.0 Å². The summed E-state index contributed by atoms with van der Waals surface area (Å²) in [5.74, 6) is -1.63. The molecule has 0 aliphatic carbocycles. The number of nitrogens with zero attached hydrogens (tertiary/aromatic N) is 1. The van der Waals surface area contributed by atoms with Crippen LogP contribution in [0.2, 0.25) is 0 Å². The quantitative estimate of drug-likeness (QED) is 0.557. The second kappa shape index (κ2) is 2.39. The lowest BCUT2D eigenvalue weighted by Gasteiger charge is -2.07. The highest BCUT2D eigenvalue weighted by atomic mass is 19.1. The number of hydrogen-bond acceptors (Lipinski definition) is 2. The Morgan fingerprint density at radius 1 is 1.31 bits per heavy atom. The number of Topliss-reactive ketones (excluding diaryl/α,β-unsaturated/α-hetero) is 1. The van der Waals surface area contributed by atoms with Gasteiger partial charge in [0.05, 0.1) is 11.3 Å². The Kier molecular flexibility index (Phi) is 1.45. The minimum Gasteiger partial charge on any atom is -0.308 e. The molecule has 3 nitrogen and oxygen atoms in total. The minimum absolute atomic E-state index is 0.272. The molecule has 1 aromatic rings. The van der Waals surface area contributed by atoms with Crippen LogP contribution in [0.15, 0.2) is 18.2 Å². The molecule has 0 N–H and O–H groups in total. The summed E-state index contributed by atoms with van der Waals surface area (Å²) in [6.07, 6.45) is 0. The molecule has 66 valence electrons. The first kappa shape index (κ1) is 7.91. The molecule has 13 heavy (non-hydrogen) atoms. The molecule has 0 radical (unpaired) electrons. The van der Waals surface area contributed by atoms with Gasteiger partial charge in [0, 0.05) is 7.05 Å². The lowest BCUT2D eigenvalue weighted by Crippen LogP contribution is -2.24. The zero-order chi connectivity index (χ0) is 9.59. The summed E-state index contributed by atoms with van der Waals surface area (Å²) in [6, 6.07) is 3.68. The molecule has 4 heteroatoms. The van der Waals surface area contributed by atoms with Crippen LogP contribution >= 0.6 is 0 Å². The van der Waals surface area contributed by atoms with E-state index in [4.69, 9.17) is 0 Å². The standard InChI is InChI=1S/C9H6FNO2/c1-11-7-4-5(10)2-3-6(7)8(12)9(11)13/h2-4H,1H3. The number of carbonyl (C=O) groups is 2. The summed E-state index contributed by atoms with van der Waals surface area (Å²) in [4.78, 5) is 23.5. The van der Waals surface area contributed by atoms with Gasteiger partial charge in [0.25, 0.3) is 11.7 Å². The van der Waals surface area contributed by atoms with Crippen LogP contribution in [0.5, 0.6) is 0 Å². The molecule has 0 saturated carbocycles. The highest BCUT2D eigenvalue weighted by Gasteiger charge is 2.33. The van der Waals surface area contributed by atoms with Crippen molar-refractivity contribution >= 4 is 17.4 Å². The molecule has 2 rings (SSSR count). The molecule has 0 unspecified atom stereocenters. The van der Waals surface area contributed by atoms with E-state index in [0.717, 1.165) is 4.90 Å². The molecule has 0 fully saturated rings. The number of ketones is 1. The molecule has 0 aromatic heterocycles. The smallest absolute Gasteiger partial charge is 0.299 e. The zero-order valence-electron chi connectivity index (χ0n) is 6.87. The summed E-state index contributed by atoms with van der Waals surface area (Å²) in [5, 5.41) is 0. The number of anilines is 1. The van der Waals surface area contributed by atoms with Crippen molar-refractivity contribution in [3.63, 3.8) is 0 Å². The van der Waals surface area contributed by atoms with Gasteiger partial charge >= 0.3 is 0 Å². The number of rotatable bonds is 0.